The van der Waals surface area contributed by atoms with Crippen LogP contribution in [0.3, 0.4) is 0 Å². The molecule has 3 aromatic carbocycles. The molecule has 3 aromatic heterocycles. The summed E-state index contributed by atoms with van der Waals surface area (Å²) in [5, 5.41) is 26.8. The second-order valence-corrected chi connectivity index (χ2v) is 19.6. The molecule has 8 rings (SSSR count). The highest BCUT2D eigenvalue weighted by atomic mass is 32.1. The van der Waals surface area contributed by atoms with E-state index in [-0.39, 0.29) is 31.0 Å². The van der Waals surface area contributed by atoms with Gasteiger partial charge in [-0.25, -0.2) is 4.98 Å². The molecule has 12 nitrogen and oxygen atoms in total. The van der Waals surface area contributed by atoms with Gasteiger partial charge in [-0.15, -0.1) is 32.9 Å². The number of nitrogens with one attached hydrogen (secondary N) is 2. The van der Waals surface area contributed by atoms with Crippen molar-refractivity contribution in [2.75, 3.05) is 6.54 Å². The lowest BCUT2D eigenvalue weighted by Crippen LogP contribution is -2.57. The number of thiophene rings is 1. The van der Waals surface area contributed by atoms with E-state index in [1.54, 1.807) is 28.7 Å². The van der Waals surface area contributed by atoms with Crippen molar-refractivity contribution in [1.29, 1.82) is 0 Å². The first-order valence-electron chi connectivity index (χ1n) is 20.9. The maximum Gasteiger partial charge on any atom is 0.251 e. The van der Waals surface area contributed by atoms with Gasteiger partial charge in [-0.3, -0.25) is 23.9 Å². The number of benzene rings is 3. The van der Waals surface area contributed by atoms with Crippen molar-refractivity contribution in [3.05, 3.63) is 128 Å². The third-order valence-electron chi connectivity index (χ3n) is 12.0. The Balaban J connectivity index is 1.00. The number of rotatable bonds is 9. The van der Waals surface area contributed by atoms with Crippen molar-refractivity contribution in [2.45, 2.75) is 99.0 Å². The zero-order valence-corrected chi connectivity index (χ0v) is 38.1. The second-order valence-electron chi connectivity index (χ2n) is 17.5. The summed E-state index contributed by atoms with van der Waals surface area (Å²) in [7, 11) is 0. The van der Waals surface area contributed by atoms with E-state index in [9.17, 15) is 19.5 Å². The van der Waals surface area contributed by atoms with E-state index in [4.69, 9.17) is 4.99 Å². The van der Waals surface area contributed by atoms with Crippen LogP contribution in [-0.4, -0.2) is 77.9 Å². The number of aliphatic hydroxyl groups is 1. The molecule has 1 fully saturated rings. The van der Waals surface area contributed by atoms with Crippen LogP contribution in [0.15, 0.2) is 83.3 Å². The molecule has 2 aliphatic heterocycles. The van der Waals surface area contributed by atoms with Gasteiger partial charge in [-0.1, -0.05) is 75.4 Å². The molecule has 6 aromatic rings. The Bertz CT molecular complexity index is 2720. The summed E-state index contributed by atoms with van der Waals surface area (Å²) in [5.74, 6) is 0.419. The zero-order chi connectivity index (χ0) is 44.2. The predicted octanol–water partition coefficient (Wildman–Crippen LogP) is 8.25. The van der Waals surface area contributed by atoms with Gasteiger partial charge in [0.2, 0.25) is 11.8 Å². The molecular formula is C48H52N8O4S2. The number of nitrogens with zero attached hydrogens (tertiary/aromatic N) is 6. The highest BCUT2D eigenvalue weighted by Gasteiger charge is 2.45. The summed E-state index contributed by atoms with van der Waals surface area (Å²) in [6, 6.07) is 21.1. The summed E-state index contributed by atoms with van der Waals surface area (Å²) in [5.41, 5.74) is 10.2. The van der Waals surface area contributed by atoms with E-state index in [2.05, 4.69) is 56.4 Å². The second kappa shape index (κ2) is 16.8. The molecule has 0 unspecified atom stereocenters. The first-order chi connectivity index (χ1) is 29.5. The quantitative estimate of drug-likeness (QED) is 0.132. The maximum atomic E-state index is 14.5. The molecular weight excluding hydrogens is 817 g/mol. The number of likely N-dealkylation sites (tertiary alicyclic amines) is 1. The number of β-amino-alcohol motifs (C(OH)–C–C–N with tert-alkyl or cyclic N) is 1. The van der Waals surface area contributed by atoms with E-state index in [0.29, 0.717) is 5.56 Å². The first-order valence-corrected chi connectivity index (χ1v) is 22.6. The fraction of sp³-hybridized carbons (Fsp3) is 0.354. The molecule has 14 heteroatoms. The number of hydrogen-bond donors (Lipinski definition) is 3. The Morgan fingerprint density at radius 1 is 0.887 bits per heavy atom. The summed E-state index contributed by atoms with van der Waals surface area (Å²) >= 11 is 3.30. The molecule has 0 bridgehead atoms. The lowest BCUT2D eigenvalue weighted by molar-refractivity contribution is -0.142. The van der Waals surface area contributed by atoms with Crippen LogP contribution in [-0.2, 0) is 9.59 Å². The highest BCUT2D eigenvalue weighted by molar-refractivity contribution is 7.15. The smallest absolute Gasteiger partial charge is 0.251 e. The summed E-state index contributed by atoms with van der Waals surface area (Å²) in [6.07, 6.45) is -0.787. The third-order valence-corrected chi connectivity index (χ3v) is 14.1. The summed E-state index contributed by atoms with van der Waals surface area (Å²) in [6.45, 7) is 17.7. The van der Waals surface area contributed by atoms with Crippen molar-refractivity contribution >= 4 is 46.1 Å². The van der Waals surface area contributed by atoms with Crippen LogP contribution in [0.5, 0.6) is 0 Å². The highest BCUT2D eigenvalue weighted by Crippen LogP contribution is 2.39. The van der Waals surface area contributed by atoms with Crippen LogP contribution in [0.25, 0.3) is 26.6 Å². The number of aryl methyl sites for hydroxylation is 3. The van der Waals surface area contributed by atoms with Crippen LogP contribution < -0.4 is 10.6 Å². The molecule has 62 heavy (non-hydrogen) atoms. The van der Waals surface area contributed by atoms with Gasteiger partial charge in [-0.05, 0) is 93.0 Å². The SMILES string of the molecule is Cc1ncsc1-c1ccc([C@H](C)NC(=O)[C@@H]2C[C@@H](O)CN2C(=O)[C@@H](NC(=O)c2cccc(-c3cccc(C4=N[C@@H](C)c5nnc(C)n5-c5sc(C)c(C)c54)c3)c2)C(C)(C)C)cc1. The summed E-state index contributed by atoms with van der Waals surface area (Å²) < 4.78 is 2.12. The minimum absolute atomic E-state index is 0.0160. The van der Waals surface area contributed by atoms with E-state index in [1.165, 1.54) is 9.78 Å². The number of fused-ring (bicyclic) bond motifs is 3. The number of carbonyl (C=O) groups is 3. The molecule has 5 atom stereocenters. The minimum atomic E-state index is -0.988. The predicted molar refractivity (Wildman–Crippen MR) is 245 cm³/mol. The van der Waals surface area contributed by atoms with Crippen molar-refractivity contribution in [1.82, 2.24) is 35.3 Å². The van der Waals surface area contributed by atoms with Gasteiger partial charge in [0.05, 0.1) is 33.9 Å². The van der Waals surface area contributed by atoms with Gasteiger partial charge >= 0.3 is 0 Å². The number of aromatic nitrogens is 4. The lowest BCUT2D eigenvalue weighted by Gasteiger charge is -2.35. The summed E-state index contributed by atoms with van der Waals surface area (Å²) in [4.78, 5) is 55.7. The average molecular weight is 869 g/mol. The first kappa shape index (κ1) is 42.8. The largest absolute Gasteiger partial charge is 0.391 e. The number of aliphatic imine (C=N–C) groups is 1. The molecule has 1 saturated heterocycles. The van der Waals surface area contributed by atoms with Crippen LogP contribution in [0, 0.1) is 33.1 Å². The normalized spacial score (nSPS) is 18.3. The molecule has 5 heterocycles. The van der Waals surface area contributed by atoms with Gasteiger partial charge in [0, 0.05) is 34.5 Å². The molecule has 0 saturated carbocycles. The van der Waals surface area contributed by atoms with E-state index >= 15 is 0 Å². The number of amides is 3. The van der Waals surface area contributed by atoms with E-state index in [0.717, 1.165) is 71.9 Å². The van der Waals surface area contributed by atoms with E-state index < -0.39 is 35.4 Å². The van der Waals surface area contributed by atoms with Crippen molar-refractivity contribution < 1.29 is 19.5 Å². The van der Waals surface area contributed by atoms with Gasteiger partial charge in [0.25, 0.3) is 5.91 Å². The zero-order valence-electron chi connectivity index (χ0n) is 36.5. The Labute approximate surface area is 370 Å². The Hall–Kier alpha value is -5.83. The van der Waals surface area contributed by atoms with Crippen molar-refractivity contribution in [3.63, 3.8) is 0 Å². The Morgan fingerprint density at radius 3 is 2.27 bits per heavy atom. The van der Waals surface area contributed by atoms with Gasteiger partial charge < -0.3 is 20.6 Å². The lowest BCUT2D eigenvalue weighted by atomic mass is 9.85. The Kier molecular flexibility index (Phi) is 11.6. The molecule has 0 spiro atoms. The maximum absolute atomic E-state index is 14.5. The van der Waals surface area contributed by atoms with Gasteiger partial charge in [0.1, 0.15) is 29.0 Å². The number of carbonyl (C=O) groups excluding carboxylic acids is 3. The van der Waals surface area contributed by atoms with Crippen molar-refractivity contribution in [3.8, 4) is 26.6 Å². The monoisotopic (exact) mass is 868 g/mol. The van der Waals surface area contributed by atoms with Crippen LogP contribution >= 0.6 is 22.7 Å². The number of thiazole rings is 1. The molecule has 0 aliphatic carbocycles. The Morgan fingerprint density at radius 2 is 1.58 bits per heavy atom. The third kappa shape index (κ3) is 8.14. The van der Waals surface area contributed by atoms with Crippen molar-refractivity contribution in [2.24, 2.45) is 10.4 Å². The standard InChI is InChI=1S/C48H52N8O4S2/c1-25-29(5)62-47-39(25)40(50-28(4)43-54-53-30(6)56(43)47)35-14-10-12-33(20-35)34-13-11-15-36(21-34)44(58)52-42(48(7,8)9)46(60)55-23-37(57)22-38(55)45(59)51-26(2)31-16-18-32(19-17-31)41-27(3)49-24-61-41/h10-21,24,26,28,37-38,42,57H,22-23H2,1-9H3,(H,51,59)(H,52,58)/t26-,28-,37+,38-,42+/m0/s1. The van der Waals surface area contributed by atoms with Crippen LogP contribution in [0.1, 0.15) is 108 Å². The van der Waals surface area contributed by atoms with Crippen LogP contribution in [0.2, 0.25) is 0 Å². The number of aliphatic hydroxyl groups excluding tert-OH is 1. The minimum Gasteiger partial charge on any atom is -0.391 e. The van der Waals surface area contributed by atoms with Gasteiger partial charge in [0.15, 0.2) is 5.82 Å². The fourth-order valence-corrected chi connectivity index (χ4v) is 10.4. The molecule has 320 valence electrons. The molecule has 3 amide bonds. The van der Waals surface area contributed by atoms with Crippen LogP contribution in [0.4, 0.5) is 0 Å². The topological polar surface area (TPSA) is 155 Å². The van der Waals surface area contributed by atoms with Gasteiger partial charge in [-0.2, -0.15) is 0 Å². The molecule has 3 N–H and O–H groups in total. The van der Waals surface area contributed by atoms with E-state index in [1.807, 2.05) is 109 Å². The fourth-order valence-electron chi connectivity index (χ4n) is 8.40. The number of hydrogen-bond acceptors (Lipinski definition) is 10. The average Bonchev–Trinajstić information content (AvgIpc) is 4.02. The molecule has 2 aliphatic rings. The molecule has 0 radical (unpaired) electrons.